The quantitative estimate of drug-likeness (QED) is 0.536. The normalized spacial score (nSPS) is 11.6. The van der Waals surface area contributed by atoms with Crippen LogP contribution in [0.4, 0.5) is 0 Å². The fourth-order valence-electron chi connectivity index (χ4n) is 3.35. The van der Waals surface area contributed by atoms with Gasteiger partial charge in [-0.05, 0) is 49.7 Å². The number of aromatic amines is 1. The molecule has 0 saturated carbocycles. The lowest BCUT2D eigenvalue weighted by molar-refractivity contribution is 0.0912. The van der Waals surface area contributed by atoms with Crippen molar-refractivity contribution in [2.75, 3.05) is 0 Å². The van der Waals surface area contributed by atoms with Crippen LogP contribution in [-0.2, 0) is 5.54 Å². The molecule has 4 nitrogen and oxygen atoms in total. The zero-order chi connectivity index (χ0) is 19.0. The largest absolute Gasteiger partial charge is 0.354 e. The smallest absolute Gasteiger partial charge is 0.252 e. The van der Waals surface area contributed by atoms with Gasteiger partial charge >= 0.3 is 0 Å². The molecule has 0 bridgehead atoms. The Hall–Kier alpha value is -3.40. The third-order valence-corrected chi connectivity index (χ3v) is 4.89. The van der Waals surface area contributed by atoms with Crippen molar-refractivity contribution in [2.24, 2.45) is 0 Å². The molecule has 4 aromatic rings. The highest BCUT2D eigenvalue weighted by molar-refractivity contribution is 6.00. The third kappa shape index (κ3) is 3.10. The highest BCUT2D eigenvalue weighted by atomic mass is 16.1. The maximum absolute atomic E-state index is 12.8. The maximum atomic E-state index is 12.8. The van der Waals surface area contributed by atoms with Crippen LogP contribution in [0.1, 0.15) is 29.8 Å². The molecule has 0 saturated heterocycles. The monoisotopic (exact) mass is 356 g/mol. The molecule has 4 rings (SSSR count). The first-order valence-corrected chi connectivity index (χ1v) is 8.88. The van der Waals surface area contributed by atoms with Crippen molar-refractivity contribution >= 4 is 27.7 Å². The van der Waals surface area contributed by atoms with E-state index in [4.69, 9.17) is 0 Å². The van der Waals surface area contributed by atoms with Crippen LogP contribution >= 0.6 is 0 Å². The fourth-order valence-corrected chi connectivity index (χ4v) is 3.35. The van der Waals surface area contributed by atoms with E-state index in [0.717, 1.165) is 11.1 Å². The fraction of sp³-hybridized carbons (Fsp3) is 0.130. The van der Waals surface area contributed by atoms with E-state index < -0.39 is 5.54 Å². The first kappa shape index (κ1) is 17.0. The summed E-state index contributed by atoms with van der Waals surface area (Å²) in [4.78, 5) is 28.7. The Bertz CT molecular complexity index is 1210. The summed E-state index contributed by atoms with van der Waals surface area (Å²) < 4.78 is 0. The summed E-state index contributed by atoms with van der Waals surface area (Å²) in [6.45, 7) is 3.94. The maximum Gasteiger partial charge on any atom is 0.252 e. The van der Waals surface area contributed by atoms with Crippen LogP contribution in [0.5, 0.6) is 0 Å². The average Bonchev–Trinajstić information content (AvgIpc) is 2.68. The van der Waals surface area contributed by atoms with Crippen molar-refractivity contribution in [1.82, 2.24) is 10.3 Å². The Labute approximate surface area is 156 Å². The van der Waals surface area contributed by atoms with Gasteiger partial charge in [0.25, 0.3) is 5.91 Å². The van der Waals surface area contributed by atoms with Gasteiger partial charge in [0.05, 0.1) is 11.1 Å². The topological polar surface area (TPSA) is 62.0 Å². The van der Waals surface area contributed by atoms with E-state index in [1.54, 1.807) is 24.3 Å². The average molecular weight is 356 g/mol. The third-order valence-electron chi connectivity index (χ3n) is 4.89. The number of fused-ring (bicyclic) bond motifs is 2. The summed E-state index contributed by atoms with van der Waals surface area (Å²) in [7, 11) is 0. The number of nitrogens with one attached hydrogen (secondary N) is 2. The van der Waals surface area contributed by atoms with Crippen molar-refractivity contribution in [3.05, 3.63) is 94.1 Å². The van der Waals surface area contributed by atoms with E-state index in [9.17, 15) is 9.59 Å². The molecule has 0 aliphatic carbocycles. The van der Waals surface area contributed by atoms with Crippen molar-refractivity contribution in [3.63, 3.8) is 0 Å². The molecule has 1 aromatic heterocycles. The molecule has 0 aliphatic heterocycles. The van der Waals surface area contributed by atoms with Crippen LogP contribution in [0.2, 0.25) is 0 Å². The van der Waals surface area contributed by atoms with Crippen molar-refractivity contribution in [1.29, 1.82) is 0 Å². The van der Waals surface area contributed by atoms with Crippen LogP contribution in [0.15, 0.2) is 77.6 Å². The predicted molar refractivity (Wildman–Crippen MR) is 109 cm³/mol. The van der Waals surface area contributed by atoms with E-state index in [0.29, 0.717) is 21.9 Å². The second kappa shape index (κ2) is 6.40. The van der Waals surface area contributed by atoms with Crippen molar-refractivity contribution in [2.45, 2.75) is 19.4 Å². The molecule has 0 aliphatic rings. The van der Waals surface area contributed by atoms with Gasteiger partial charge in [0.2, 0.25) is 0 Å². The molecular weight excluding hydrogens is 336 g/mol. The van der Waals surface area contributed by atoms with Crippen LogP contribution in [0.25, 0.3) is 21.8 Å². The Morgan fingerprint density at radius 1 is 0.852 bits per heavy atom. The Morgan fingerprint density at radius 3 is 2.30 bits per heavy atom. The lowest BCUT2D eigenvalue weighted by atomic mass is 9.94. The molecule has 4 heteroatoms. The predicted octanol–water partition coefficient (Wildman–Crippen LogP) is 4.35. The molecule has 0 fully saturated rings. The number of carbonyl (C=O) groups is 1. The first-order chi connectivity index (χ1) is 13.0. The summed E-state index contributed by atoms with van der Waals surface area (Å²) in [6, 6.07) is 22.4. The van der Waals surface area contributed by atoms with E-state index in [1.807, 2.05) is 62.4 Å². The molecule has 134 valence electrons. The van der Waals surface area contributed by atoms with Crippen molar-refractivity contribution < 1.29 is 4.79 Å². The number of hydrogen-bond donors (Lipinski definition) is 2. The van der Waals surface area contributed by atoms with Gasteiger partial charge in [-0.25, -0.2) is 0 Å². The van der Waals surface area contributed by atoms with E-state index in [1.165, 1.54) is 0 Å². The number of aromatic nitrogens is 1. The minimum absolute atomic E-state index is 0.0316. The molecule has 0 atom stereocenters. The summed E-state index contributed by atoms with van der Waals surface area (Å²) in [6.07, 6.45) is 0. The summed E-state index contributed by atoms with van der Waals surface area (Å²) in [5.74, 6) is -0.181. The lowest BCUT2D eigenvalue weighted by Gasteiger charge is -2.27. The molecular formula is C23H20N2O2. The number of rotatable bonds is 3. The van der Waals surface area contributed by atoms with Gasteiger partial charge in [-0.3, -0.25) is 9.59 Å². The van der Waals surface area contributed by atoms with E-state index >= 15 is 0 Å². The molecule has 1 heterocycles. The molecule has 0 spiro atoms. The number of hydrogen-bond acceptors (Lipinski definition) is 2. The Morgan fingerprint density at radius 2 is 1.52 bits per heavy atom. The minimum Gasteiger partial charge on any atom is -0.354 e. The Kier molecular flexibility index (Phi) is 4.04. The SMILES string of the molecule is CC(C)(NC(=O)c1ccc2c(=O)c3ccccc3[nH]c2c1)c1ccccc1. The molecule has 0 unspecified atom stereocenters. The van der Waals surface area contributed by atoms with Gasteiger partial charge < -0.3 is 10.3 Å². The van der Waals surface area contributed by atoms with Gasteiger partial charge in [0.15, 0.2) is 5.43 Å². The standard InChI is InChI=1S/C23H20N2O2/c1-23(2,16-8-4-3-5-9-16)25-22(27)15-12-13-18-20(14-15)24-19-11-7-6-10-17(19)21(18)26/h3-14H,1-2H3,(H,24,26)(H,25,27). The number of amides is 1. The highest BCUT2D eigenvalue weighted by Gasteiger charge is 2.23. The molecule has 2 N–H and O–H groups in total. The van der Waals surface area contributed by atoms with Gasteiger partial charge in [-0.2, -0.15) is 0 Å². The first-order valence-electron chi connectivity index (χ1n) is 8.88. The van der Waals surface area contributed by atoms with Crippen molar-refractivity contribution in [3.8, 4) is 0 Å². The number of para-hydroxylation sites is 1. The van der Waals surface area contributed by atoms with Crippen LogP contribution in [0.3, 0.4) is 0 Å². The summed E-state index contributed by atoms with van der Waals surface area (Å²) in [5.41, 5.74) is 2.41. The van der Waals surface area contributed by atoms with Crippen LogP contribution in [-0.4, -0.2) is 10.9 Å². The second-order valence-corrected chi connectivity index (χ2v) is 7.21. The number of pyridine rings is 1. The number of carbonyl (C=O) groups excluding carboxylic acids is 1. The minimum atomic E-state index is -0.510. The summed E-state index contributed by atoms with van der Waals surface area (Å²) >= 11 is 0. The highest BCUT2D eigenvalue weighted by Crippen LogP contribution is 2.21. The molecule has 27 heavy (non-hydrogen) atoms. The van der Waals surface area contributed by atoms with Gasteiger partial charge in [-0.15, -0.1) is 0 Å². The molecule has 1 amide bonds. The zero-order valence-electron chi connectivity index (χ0n) is 15.2. The number of H-pyrrole nitrogens is 1. The van der Waals surface area contributed by atoms with E-state index in [2.05, 4.69) is 10.3 Å². The summed E-state index contributed by atoms with van der Waals surface area (Å²) in [5, 5.41) is 4.30. The van der Waals surface area contributed by atoms with Gasteiger partial charge in [0, 0.05) is 21.9 Å². The van der Waals surface area contributed by atoms with Gasteiger partial charge in [0.1, 0.15) is 0 Å². The van der Waals surface area contributed by atoms with Crippen LogP contribution < -0.4 is 10.7 Å². The van der Waals surface area contributed by atoms with E-state index in [-0.39, 0.29) is 11.3 Å². The van der Waals surface area contributed by atoms with Gasteiger partial charge in [-0.1, -0.05) is 42.5 Å². The molecule has 0 radical (unpaired) electrons. The zero-order valence-corrected chi connectivity index (χ0v) is 15.2. The van der Waals surface area contributed by atoms with Crippen LogP contribution in [0, 0.1) is 0 Å². The Balaban J connectivity index is 1.72. The lowest BCUT2D eigenvalue weighted by Crippen LogP contribution is -2.40. The second-order valence-electron chi connectivity index (χ2n) is 7.21. The molecule has 3 aromatic carbocycles. The number of benzene rings is 3.